The first-order valence-electron chi connectivity index (χ1n) is 11.7. The predicted molar refractivity (Wildman–Crippen MR) is 124 cm³/mol. The second-order valence-corrected chi connectivity index (χ2v) is 10.5. The number of fused-ring (bicyclic) bond motifs is 4. The molecule has 3 aliphatic heterocycles. The van der Waals surface area contributed by atoms with Crippen LogP contribution in [0.2, 0.25) is 0 Å². The van der Waals surface area contributed by atoms with Gasteiger partial charge in [-0.25, -0.2) is 4.79 Å². The van der Waals surface area contributed by atoms with Gasteiger partial charge in [-0.2, -0.15) is 0 Å². The number of piperidine rings is 3. The van der Waals surface area contributed by atoms with Gasteiger partial charge in [0.15, 0.2) is 0 Å². The number of carbonyl (C=O) groups excluding carboxylic acids is 1. The van der Waals surface area contributed by atoms with E-state index in [9.17, 15) is 4.79 Å². The Morgan fingerprint density at radius 3 is 2.42 bits per heavy atom. The van der Waals surface area contributed by atoms with Crippen LogP contribution < -0.4 is 5.32 Å². The second kappa shape index (κ2) is 7.67. The van der Waals surface area contributed by atoms with Gasteiger partial charge in [-0.3, -0.25) is 4.90 Å². The molecule has 4 heteroatoms. The molecule has 2 aromatic carbocycles. The van der Waals surface area contributed by atoms with Crippen LogP contribution in [0, 0.1) is 25.2 Å². The Labute approximate surface area is 186 Å². The summed E-state index contributed by atoms with van der Waals surface area (Å²) in [5.41, 5.74) is 7.63. The molecule has 164 valence electrons. The van der Waals surface area contributed by atoms with E-state index in [1.807, 2.05) is 0 Å². The van der Waals surface area contributed by atoms with E-state index in [4.69, 9.17) is 4.74 Å². The van der Waals surface area contributed by atoms with Crippen molar-refractivity contribution in [1.29, 1.82) is 0 Å². The Morgan fingerprint density at radius 2 is 1.74 bits per heavy atom. The summed E-state index contributed by atoms with van der Waals surface area (Å²) in [6, 6.07) is 13.3. The lowest BCUT2D eigenvalue weighted by Gasteiger charge is -2.44. The van der Waals surface area contributed by atoms with Crippen molar-refractivity contribution in [3.8, 4) is 11.1 Å². The van der Waals surface area contributed by atoms with Crippen LogP contribution >= 0.6 is 0 Å². The normalized spacial score (nSPS) is 28.3. The van der Waals surface area contributed by atoms with E-state index in [-0.39, 0.29) is 23.7 Å². The van der Waals surface area contributed by atoms with Crippen LogP contribution in [0.25, 0.3) is 11.1 Å². The zero-order valence-corrected chi connectivity index (χ0v) is 19.2. The summed E-state index contributed by atoms with van der Waals surface area (Å²) in [5, 5.41) is 3.23. The average Bonchev–Trinajstić information content (AvgIpc) is 2.99. The molecule has 4 nitrogen and oxygen atoms in total. The van der Waals surface area contributed by atoms with Crippen molar-refractivity contribution in [1.82, 2.24) is 10.2 Å². The molecule has 0 aromatic heterocycles. The molecule has 1 unspecified atom stereocenters. The molecule has 31 heavy (non-hydrogen) atoms. The van der Waals surface area contributed by atoms with E-state index in [1.165, 1.54) is 33.4 Å². The van der Waals surface area contributed by atoms with Crippen molar-refractivity contribution in [3.05, 3.63) is 58.7 Å². The van der Waals surface area contributed by atoms with Gasteiger partial charge >= 0.3 is 6.09 Å². The summed E-state index contributed by atoms with van der Waals surface area (Å²) in [6.45, 7) is 12.0. The highest BCUT2D eigenvalue weighted by atomic mass is 16.6. The number of aryl methyl sites for hydroxylation is 2. The largest absolute Gasteiger partial charge is 0.445 e. The third-order valence-electron chi connectivity index (χ3n) is 7.84. The molecular formula is C27H34N2O2. The van der Waals surface area contributed by atoms with Crippen LogP contribution in [0.4, 0.5) is 4.79 Å². The van der Waals surface area contributed by atoms with Crippen molar-refractivity contribution in [3.63, 3.8) is 0 Å². The number of nitrogens with zero attached hydrogens (tertiary/aromatic N) is 1. The minimum atomic E-state index is -0.261. The maximum Gasteiger partial charge on any atom is 0.407 e. The average molecular weight is 419 g/mol. The summed E-state index contributed by atoms with van der Waals surface area (Å²) in [5.74, 6) is 0.528. The first-order valence-corrected chi connectivity index (χ1v) is 11.7. The van der Waals surface area contributed by atoms with Gasteiger partial charge in [0, 0.05) is 6.54 Å². The van der Waals surface area contributed by atoms with Crippen LogP contribution in [-0.4, -0.2) is 36.7 Å². The molecule has 3 heterocycles. The molecule has 1 aliphatic carbocycles. The van der Waals surface area contributed by atoms with Crippen LogP contribution in [0.5, 0.6) is 0 Å². The molecule has 3 fully saturated rings. The number of ether oxygens (including phenoxy) is 1. The highest BCUT2D eigenvalue weighted by Crippen LogP contribution is 2.46. The van der Waals surface area contributed by atoms with Gasteiger partial charge in [0.25, 0.3) is 0 Å². The standard InChI is InChI=1S/C27H34N2O2/c1-17-5-6-20(13-18(17)2)21-7-8-23-22(14-21)15-27(3,4)25(23)28-26(30)31-24-16-29-11-9-19(24)10-12-29/h5-8,13-14,19,24-25H,9-12,15-16H2,1-4H3,(H,28,30)/t24-,25?/m1/s1. The number of amides is 1. The Balaban J connectivity index is 1.33. The van der Waals surface area contributed by atoms with Gasteiger partial charge < -0.3 is 10.1 Å². The third kappa shape index (κ3) is 3.87. The summed E-state index contributed by atoms with van der Waals surface area (Å²) in [7, 11) is 0. The number of carbonyl (C=O) groups is 1. The topological polar surface area (TPSA) is 41.6 Å². The number of hydrogen-bond acceptors (Lipinski definition) is 3. The monoisotopic (exact) mass is 418 g/mol. The Morgan fingerprint density at radius 1 is 1.03 bits per heavy atom. The molecular weight excluding hydrogens is 384 g/mol. The first-order chi connectivity index (χ1) is 14.8. The van der Waals surface area contributed by atoms with E-state index in [2.05, 4.69) is 74.3 Å². The highest BCUT2D eigenvalue weighted by Gasteiger charge is 2.42. The fraction of sp³-hybridized carbons (Fsp3) is 0.519. The molecule has 4 aliphatic rings. The maximum atomic E-state index is 12.8. The molecule has 0 radical (unpaired) electrons. The number of benzene rings is 2. The molecule has 0 spiro atoms. The quantitative estimate of drug-likeness (QED) is 0.724. The van der Waals surface area contributed by atoms with Crippen LogP contribution in [0.1, 0.15) is 55.0 Å². The lowest BCUT2D eigenvalue weighted by atomic mass is 9.85. The minimum absolute atomic E-state index is 0.0233. The summed E-state index contributed by atoms with van der Waals surface area (Å²) in [6.07, 6.45) is 3.03. The van der Waals surface area contributed by atoms with Crippen LogP contribution in [-0.2, 0) is 11.2 Å². The minimum Gasteiger partial charge on any atom is -0.445 e. The van der Waals surface area contributed by atoms with Gasteiger partial charge in [-0.15, -0.1) is 0 Å². The van der Waals surface area contributed by atoms with Crippen molar-refractivity contribution in [2.75, 3.05) is 19.6 Å². The number of hydrogen-bond donors (Lipinski definition) is 1. The third-order valence-corrected chi connectivity index (χ3v) is 7.84. The summed E-state index contributed by atoms with van der Waals surface area (Å²) >= 11 is 0. The van der Waals surface area contributed by atoms with Gasteiger partial charge in [-0.1, -0.05) is 50.2 Å². The van der Waals surface area contributed by atoms with Crippen LogP contribution in [0.3, 0.4) is 0 Å². The van der Waals surface area contributed by atoms with E-state index < -0.39 is 0 Å². The van der Waals surface area contributed by atoms with E-state index in [0.717, 1.165) is 38.9 Å². The molecule has 2 aromatic rings. The predicted octanol–water partition coefficient (Wildman–Crippen LogP) is 5.41. The molecule has 0 saturated carbocycles. The van der Waals surface area contributed by atoms with Gasteiger partial charge in [0.1, 0.15) is 6.10 Å². The highest BCUT2D eigenvalue weighted by molar-refractivity contribution is 5.70. The molecule has 2 bridgehead atoms. The lowest BCUT2D eigenvalue weighted by molar-refractivity contribution is -0.0348. The SMILES string of the molecule is Cc1ccc(-c2ccc3c(c2)CC(C)(C)C3NC(=O)O[C@@H]2CN3CCC2CC3)cc1C. The molecule has 6 rings (SSSR count). The molecule has 3 saturated heterocycles. The van der Waals surface area contributed by atoms with Crippen molar-refractivity contribution in [2.24, 2.45) is 11.3 Å². The Kier molecular flexibility index (Phi) is 5.09. The summed E-state index contributed by atoms with van der Waals surface area (Å²) < 4.78 is 5.92. The zero-order valence-electron chi connectivity index (χ0n) is 19.2. The molecule has 1 amide bonds. The fourth-order valence-corrected chi connectivity index (χ4v) is 5.76. The fourth-order valence-electron chi connectivity index (χ4n) is 5.76. The van der Waals surface area contributed by atoms with Crippen molar-refractivity contribution >= 4 is 6.09 Å². The maximum absolute atomic E-state index is 12.8. The van der Waals surface area contributed by atoms with Gasteiger partial charge in [0.05, 0.1) is 6.04 Å². The van der Waals surface area contributed by atoms with Crippen LogP contribution in [0.15, 0.2) is 36.4 Å². The van der Waals surface area contributed by atoms with Gasteiger partial charge in [0.2, 0.25) is 0 Å². The van der Waals surface area contributed by atoms with E-state index in [0.29, 0.717) is 5.92 Å². The molecule has 2 atom stereocenters. The lowest BCUT2D eigenvalue weighted by Crippen LogP contribution is -2.53. The summed E-state index contributed by atoms with van der Waals surface area (Å²) in [4.78, 5) is 15.3. The number of alkyl carbamates (subject to hydrolysis) is 1. The van der Waals surface area contributed by atoms with Crippen molar-refractivity contribution < 1.29 is 9.53 Å². The smallest absolute Gasteiger partial charge is 0.407 e. The Bertz CT molecular complexity index is 1000. The molecule has 1 N–H and O–H groups in total. The second-order valence-electron chi connectivity index (χ2n) is 10.5. The number of rotatable bonds is 3. The Hall–Kier alpha value is -2.33. The van der Waals surface area contributed by atoms with Gasteiger partial charge in [-0.05, 0) is 90.9 Å². The van der Waals surface area contributed by atoms with E-state index >= 15 is 0 Å². The zero-order chi connectivity index (χ0) is 21.8. The van der Waals surface area contributed by atoms with Crippen molar-refractivity contribution in [2.45, 2.75) is 59.1 Å². The number of nitrogens with one attached hydrogen (secondary N) is 1. The first kappa shape index (κ1) is 20.6. The van der Waals surface area contributed by atoms with E-state index in [1.54, 1.807) is 0 Å².